The molecule has 0 bridgehead atoms. The minimum atomic E-state index is -0.363. The summed E-state index contributed by atoms with van der Waals surface area (Å²) in [6.45, 7) is 5.14. The van der Waals surface area contributed by atoms with E-state index in [0.29, 0.717) is 37.1 Å². The van der Waals surface area contributed by atoms with Gasteiger partial charge in [0.2, 0.25) is 0 Å². The Hall–Kier alpha value is -3.68. The number of nitrogens with zero attached hydrogens (tertiary/aromatic N) is 2. The van der Waals surface area contributed by atoms with Crippen molar-refractivity contribution in [2.45, 2.75) is 32.7 Å². The van der Waals surface area contributed by atoms with Crippen molar-refractivity contribution in [1.82, 2.24) is 14.3 Å². The van der Waals surface area contributed by atoms with Crippen molar-refractivity contribution in [1.29, 1.82) is 0 Å². The molecule has 0 saturated carbocycles. The molecule has 0 radical (unpaired) electrons. The van der Waals surface area contributed by atoms with Gasteiger partial charge >= 0.3 is 0 Å². The Morgan fingerprint density at radius 2 is 1.69 bits per heavy atom. The van der Waals surface area contributed by atoms with E-state index in [-0.39, 0.29) is 23.4 Å². The number of halogens is 1. The van der Waals surface area contributed by atoms with Crippen LogP contribution in [0.1, 0.15) is 53.5 Å². The standard InChI is InChI=1S/C32H33BrN4O2/c1-21(2)29(36(18-8-17-34)31(38)23-13-15-25(33)16-14-23)28-27(19-22-9-4-3-5-10-22)32(39)37-20-24-11-6-7-12-26(24)30(37)35-28/h3-7,9-16,20-21,29,35H,8,17-19,34H2,1-2H3. The van der Waals surface area contributed by atoms with E-state index in [1.54, 1.807) is 4.40 Å². The molecule has 7 heteroatoms. The zero-order chi connectivity index (χ0) is 27.5. The fourth-order valence-corrected chi connectivity index (χ4v) is 5.63. The number of H-pyrrole nitrogens is 1. The number of carbonyl (C=O) groups excluding carboxylic acids is 1. The van der Waals surface area contributed by atoms with E-state index in [1.807, 2.05) is 90.0 Å². The average Bonchev–Trinajstić information content (AvgIpc) is 3.32. The molecule has 3 N–H and O–H groups in total. The summed E-state index contributed by atoms with van der Waals surface area (Å²) < 4.78 is 2.62. The lowest BCUT2D eigenvalue weighted by Crippen LogP contribution is -2.41. The molecule has 1 amide bonds. The number of benzene rings is 3. The van der Waals surface area contributed by atoms with Gasteiger partial charge in [-0.3, -0.25) is 14.0 Å². The molecule has 0 aliphatic rings. The van der Waals surface area contributed by atoms with Crippen LogP contribution in [0.2, 0.25) is 0 Å². The topological polar surface area (TPSA) is 83.6 Å². The Labute approximate surface area is 236 Å². The third kappa shape index (κ3) is 5.42. The molecule has 39 heavy (non-hydrogen) atoms. The average molecular weight is 586 g/mol. The highest BCUT2D eigenvalue weighted by Crippen LogP contribution is 2.33. The van der Waals surface area contributed by atoms with Crippen LogP contribution in [0, 0.1) is 5.92 Å². The summed E-state index contributed by atoms with van der Waals surface area (Å²) in [4.78, 5) is 33.8. The molecule has 0 aliphatic heterocycles. The molecule has 0 spiro atoms. The molecule has 1 unspecified atom stereocenters. The van der Waals surface area contributed by atoms with Crippen LogP contribution in [0.3, 0.4) is 0 Å². The van der Waals surface area contributed by atoms with Crippen molar-refractivity contribution in [2.75, 3.05) is 13.1 Å². The SMILES string of the molecule is CC(C)C(c1[nH]c2c3ccccc3cn2c(=O)c1Cc1ccccc1)N(CCCN)C(=O)c1ccc(Br)cc1. The molecule has 2 aromatic heterocycles. The molecule has 3 aromatic carbocycles. The number of nitrogens with one attached hydrogen (secondary N) is 1. The van der Waals surface area contributed by atoms with Crippen LogP contribution in [0.25, 0.3) is 16.4 Å². The first-order valence-electron chi connectivity index (χ1n) is 13.3. The first kappa shape index (κ1) is 26.9. The quantitative estimate of drug-likeness (QED) is 0.212. The lowest BCUT2D eigenvalue weighted by Gasteiger charge is -2.36. The van der Waals surface area contributed by atoms with Crippen LogP contribution in [0.4, 0.5) is 0 Å². The third-order valence-electron chi connectivity index (χ3n) is 7.22. The fraction of sp³-hybridized carbons (Fsp3) is 0.250. The van der Waals surface area contributed by atoms with Gasteiger partial charge in [-0.15, -0.1) is 0 Å². The van der Waals surface area contributed by atoms with Crippen LogP contribution in [-0.2, 0) is 6.42 Å². The summed E-state index contributed by atoms with van der Waals surface area (Å²) in [6, 6.07) is 25.0. The van der Waals surface area contributed by atoms with Gasteiger partial charge in [0, 0.05) is 51.2 Å². The Kier molecular flexibility index (Phi) is 8.00. The van der Waals surface area contributed by atoms with Crippen LogP contribution >= 0.6 is 15.9 Å². The minimum absolute atomic E-state index is 0.0241. The van der Waals surface area contributed by atoms with E-state index in [1.165, 1.54) is 0 Å². The normalized spacial score (nSPS) is 12.3. The number of nitrogens with two attached hydrogens (primary N) is 1. The van der Waals surface area contributed by atoms with E-state index in [2.05, 4.69) is 34.8 Å². The summed E-state index contributed by atoms with van der Waals surface area (Å²) in [5, 5.41) is 1.96. The van der Waals surface area contributed by atoms with Crippen LogP contribution in [0.15, 0.2) is 94.3 Å². The van der Waals surface area contributed by atoms with Crippen LogP contribution in [-0.4, -0.2) is 33.3 Å². The van der Waals surface area contributed by atoms with Crippen molar-refractivity contribution >= 4 is 38.3 Å². The molecule has 0 saturated heterocycles. The second-order valence-electron chi connectivity index (χ2n) is 10.3. The van der Waals surface area contributed by atoms with Gasteiger partial charge in [0.1, 0.15) is 5.65 Å². The summed E-state index contributed by atoms with van der Waals surface area (Å²) in [5.41, 5.74) is 9.67. The smallest absolute Gasteiger partial charge is 0.261 e. The molecular formula is C32H33BrN4O2. The third-order valence-corrected chi connectivity index (χ3v) is 7.75. The molecule has 0 fully saturated rings. The highest BCUT2D eigenvalue weighted by atomic mass is 79.9. The van der Waals surface area contributed by atoms with Crippen molar-refractivity contribution in [3.05, 3.63) is 122 Å². The molecule has 1 atom stereocenters. The fourth-order valence-electron chi connectivity index (χ4n) is 5.37. The van der Waals surface area contributed by atoms with E-state index in [4.69, 9.17) is 5.73 Å². The monoisotopic (exact) mass is 584 g/mol. The maximum absolute atomic E-state index is 14.2. The number of carbonyl (C=O) groups is 1. The van der Waals surface area contributed by atoms with Gasteiger partial charge in [0.05, 0.1) is 6.04 Å². The zero-order valence-corrected chi connectivity index (χ0v) is 23.8. The van der Waals surface area contributed by atoms with Crippen molar-refractivity contribution in [2.24, 2.45) is 11.7 Å². The summed E-state index contributed by atoms with van der Waals surface area (Å²) in [5.74, 6) is -0.0581. The molecule has 200 valence electrons. The summed E-state index contributed by atoms with van der Waals surface area (Å²) in [6.07, 6.45) is 3.00. The molecular weight excluding hydrogens is 552 g/mol. The first-order valence-corrected chi connectivity index (χ1v) is 14.1. The number of hydrogen-bond donors (Lipinski definition) is 2. The van der Waals surface area contributed by atoms with Crippen molar-refractivity contribution in [3.63, 3.8) is 0 Å². The lowest BCUT2D eigenvalue weighted by atomic mass is 9.92. The minimum Gasteiger partial charge on any atom is -0.342 e. The second-order valence-corrected chi connectivity index (χ2v) is 11.2. The van der Waals surface area contributed by atoms with Gasteiger partial charge in [-0.2, -0.15) is 0 Å². The Morgan fingerprint density at radius 3 is 2.38 bits per heavy atom. The molecule has 6 nitrogen and oxygen atoms in total. The predicted molar refractivity (Wildman–Crippen MR) is 161 cm³/mol. The number of aromatic amines is 1. The highest BCUT2D eigenvalue weighted by Gasteiger charge is 2.32. The van der Waals surface area contributed by atoms with Gasteiger partial charge in [-0.1, -0.05) is 84.4 Å². The zero-order valence-electron chi connectivity index (χ0n) is 22.2. The maximum atomic E-state index is 14.2. The van der Waals surface area contributed by atoms with E-state index in [9.17, 15) is 9.59 Å². The van der Waals surface area contributed by atoms with E-state index >= 15 is 0 Å². The molecule has 2 heterocycles. The number of rotatable bonds is 9. The maximum Gasteiger partial charge on any atom is 0.261 e. The van der Waals surface area contributed by atoms with Crippen molar-refractivity contribution < 1.29 is 4.79 Å². The van der Waals surface area contributed by atoms with Gasteiger partial charge in [-0.05, 0) is 48.7 Å². The number of hydrogen-bond acceptors (Lipinski definition) is 3. The Bertz CT molecular complexity index is 1660. The van der Waals surface area contributed by atoms with Gasteiger partial charge in [0.15, 0.2) is 0 Å². The summed E-state index contributed by atoms with van der Waals surface area (Å²) in [7, 11) is 0. The Balaban J connectivity index is 1.74. The molecule has 0 aliphatic carbocycles. The van der Waals surface area contributed by atoms with Crippen LogP contribution in [0.5, 0.6) is 0 Å². The van der Waals surface area contributed by atoms with Gasteiger partial charge in [0.25, 0.3) is 11.5 Å². The van der Waals surface area contributed by atoms with Crippen LogP contribution < -0.4 is 11.3 Å². The summed E-state index contributed by atoms with van der Waals surface area (Å²) >= 11 is 3.47. The number of fused-ring (bicyclic) bond motifs is 3. The van der Waals surface area contributed by atoms with Gasteiger partial charge in [-0.25, -0.2) is 0 Å². The van der Waals surface area contributed by atoms with E-state index in [0.717, 1.165) is 32.1 Å². The van der Waals surface area contributed by atoms with Gasteiger partial charge < -0.3 is 15.6 Å². The Morgan fingerprint density at radius 1 is 1.00 bits per heavy atom. The molecule has 5 aromatic rings. The molecule has 5 rings (SSSR count). The largest absolute Gasteiger partial charge is 0.342 e. The number of amides is 1. The lowest BCUT2D eigenvalue weighted by molar-refractivity contribution is 0.0614. The predicted octanol–water partition coefficient (Wildman–Crippen LogP) is 6.32. The first-order chi connectivity index (χ1) is 18.9. The van der Waals surface area contributed by atoms with Crippen molar-refractivity contribution in [3.8, 4) is 0 Å². The number of aromatic nitrogens is 2. The second kappa shape index (κ2) is 11.6. The van der Waals surface area contributed by atoms with E-state index < -0.39 is 0 Å². The highest BCUT2D eigenvalue weighted by molar-refractivity contribution is 9.10.